The summed E-state index contributed by atoms with van der Waals surface area (Å²) in [5.74, 6) is 0.750. The van der Waals surface area contributed by atoms with E-state index in [1.165, 1.54) is 24.8 Å². The molecule has 0 atom stereocenters. The lowest BCUT2D eigenvalue weighted by atomic mass is 9.87. The van der Waals surface area contributed by atoms with Gasteiger partial charge in [-0.25, -0.2) is 0 Å². The second-order valence-electron chi connectivity index (χ2n) is 8.89. The Morgan fingerprint density at radius 3 is 2.21 bits per heavy atom. The van der Waals surface area contributed by atoms with Gasteiger partial charge in [0.15, 0.2) is 0 Å². The number of nitrogens with zero attached hydrogens (tertiary/aromatic N) is 2. The Labute approximate surface area is 170 Å². The van der Waals surface area contributed by atoms with E-state index in [9.17, 15) is 4.79 Å². The van der Waals surface area contributed by atoms with Gasteiger partial charge in [0.1, 0.15) is 0 Å². The highest BCUT2D eigenvalue weighted by Gasteiger charge is 2.33. The topological polar surface area (TPSA) is 32.8 Å². The number of hydrogen-bond donors (Lipinski definition) is 0. The van der Waals surface area contributed by atoms with E-state index in [1.807, 2.05) is 0 Å². The smallest absolute Gasteiger partial charge is 0.225 e. The first-order valence-corrected chi connectivity index (χ1v) is 11.5. The molecule has 3 fully saturated rings. The quantitative estimate of drug-likeness (QED) is 0.761. The first kappa shape index (κ1) is 19.9. The van der Waals surface area contributed by atoms with Gasteiger partial charge >= 0.3 is 0 Å². The summed E-state index contributed by atoms with van der Waals surface area (Å²) >= 11 is 0. The minimum Gasteiger partial charge on any atom is -0.381 e. The van der Waals surface area contributed by atoms with Gasteiger partial charge in [-0.05, 0) is 44.1 Å². The average molecular weight is 385 g/mol. The lowest BCUT2D eigenvalue weighted by molar-refractivity contribution is -0.138. The SMILES string of the molecule is O=C(C1CCCCC1)N1CCC(N(Cc2ccccc2)C2CCOCC2)CC1. The fraction of sp³-hybridized carbons (Fsp3) is 0.708. The van der Waals surface area contributed by atoms with Crippen LogP contribution in [0, 0.1) is 5.92 Å². The van der Waals surface area contributed by atoms with Gasteiger partial charge in [-0.15, -0.1) is 0 Å². The molecule has 1 aliphatic carbocycles. The molecule has 4 rings (SSSR count). The third-order valence-electron chi connectivity index (χ3n) is 7.07. The maximum atomic E-state index is 12.9. The molecule has 0 unspecified atom stereocenters. The molecule has 28 heavy (non-hydrogen) atoms. The van der Waals surface area contributed by atoms with Crippen LogP contribution in [0.4, 0.5) is 0 Å². The summed E-state index contributed by atoms with van der Waals surface area (Å²) in [4.78, 5) is 17.8. The highest BCUT2D eigenvalue weighted by molar-refractivity contribution is 5.79. The van der Waals surface area contributed by atoms with E-state index >= 15 is 0 Å². The van der Waals surface area contributed by atoms with Gasteiger partial charge in [0, 0.05) is 50.8 Å². The molecule has 0 N–H and O–H groups in total. The Morgan fingerprint density at radius 2 is 1.54 bits per heavy atom. The van der Waals surface area contributed by atoms with Gasteiger partial charge in [-0.1, -0.05) is 49.6 Å². The van der Waals surface area contributed by atoms with Crippen molar-refractivity contribution >= 4 is 5.91 Å². The van der Waals surface area contributed by atoms with Gasteiger partial charge in [-0.3, -0.25) is 9.69 Å². The van der Waals surface area contributed by atoms with E-state index in [-0.39, 0.29) is 0 Å². The highest BCUT2D eigenvalue weighted by Crippen LogP contribution is 2.29. The predicted octanol–water partition coefficient (Wildman–Crippen LogP) is 4.24. The van der Waals surface area contributed by atoms with Crippen LogP contribution in [0.1, 0.15) is 63.4 Å². The molecule has 2 saturated heterocycles. The Bertz CT molecular complexity index is 600. The lowest BCUT2D eigenvalue weighted by Gasteiger charge is -2.44. The second kappa shape index (κ2) is 9.89. The zero-order chi connectivity index (χ0) is 19.2. The van der Waals surface area contributed by atoms with Crippen molar-refractivity contribution in [1.82, 2.24) is 9.80 Å². The van der Waals surface area contributed by atoms with E-state index < -0.39 is 0 Å². The van der Waals surface area contributed by atoms with Crippen molar-refractivity contribution in [2.45, 2.75) is 76.4 Å². The van der Waals surface area contributed by atoms with Crippen LogP contribution in [-0.2, 0) is 16.1 Å². The van der Waals surface area contributed by atoms with Gasteiger partial charge in [0.05, 0.1) is 0 Å². The molecule has 1 amide bonds. The van der Waals surface area contributed by atoms with Crippen LogP contribution in [0.5, 0.6) is 0 Å². The van der Waals surface area contributed by atoms with E-state index in [1.54, 1.807) is 0 Å². The van der Waals surface area contributed by atoms with Gasteiger partial charge in [0.2, 0.25) is 5.91 Å². The molecule has 2 heterocycles. The van der Waals surface area contributed by atoms with Crippen LogP contribution in [0.3, 0.4) is 0 Å². The van der Waals surface area contributed by atoms with Crippen molar-refractivity contribution in [3.05, 3.63) is 35.9 Å². The minimum atomic E-state index is 0.307. The zero-order valence-corrected chi connectivity index (χ0v) is 17.2. The largest absolute Gasteiger partial charge is 0.381 e. The predicted molar refractivity (Wildman–Crippen MR) is 112 cm³/mol. The number of piperidine rings is 1. The van der Waals surface area contributed by atoms with Crippen molar-refractivity contribution in [2.24, 2.45) is 5.92 Å². The summed E-state index contributed by atoms with van der Waals surface area (Å²) in [6, 6.07) is 12.1. The molecule has 4 nitrogen and oxygen atoms in total. The van der Waals surface area contributed by atoms with Crippen LogP contribution in [-0.4, -0.2) is 54.1 Å². The average Bonchev–Trinajstić information content (AvgIpc) is 2.79. The fourth-order valence-electron chi connectivity index (χ4n) is 5.39. The van der Waals surface area contributed by atoms with Crippen LogP contribution < -0.4 is 0 Å². The summed E-state index contributed by atoms with van der Waals surface area (Å²) < 4.78 is 5.62. The molecule has 1 saturated carbocycles. The summed E-state index contributed by atoms with van der Waals surface area (Å²) in [6.07, 6.45) is 10.5. The van der Waals surface area contributed by atoms with Gasteiger partial charge < -0.3 is 9.64 Å². The molecule has 0 bridgehead atoms. The Balaban J connectivity index is 1.37. The minimum absolute atomic E-state index is 0.307. The monoisotopic (exact) mass is 384 g/mol. The Morgan fingerprint density at radius 1 is 0.893 bits per heavy atom. The first-order valence-electron chi connectivity index (χ1n) is 11.5. The normalized spacial score (nSPS) is 23.2. The summed E-state index contributed by atoms with van der Waals surface area (Å²) in [5.41, 5.74) is 1.40. The summed E-state index contributed by atoms with van der Waals surface area (Å²) in [6.45, 7) is 4.67. The maximum absolute atomic E-state index is 12.9. The molecule has 4 heteroatoms. The van der Waals surface area contributed by atoms with Crippen molar-refractivity contribution in [2.75, 3.05) is 26.3 Å². The van der Waals surface area contributed by atoms with E-state index in [0.717, 1.165) is 71.4 Å². The van der Waals surface area contributed by atoms with E-state index in [0.29, 0.717) is 23.9 Å². The molecule has 3 aliphatic rings. The van der Waals surface area contributed by atoms with Crippen LogP contribution in [0.15, 0.2) is 30.3 Å². The number of benzene rings is 1. The molecular formula is C24H36N2O2. The Hall–Kier alpha value is -1.39. The highest BCUT2D eigenvalue weighted by atomic mass is 16.5. The number of likely N-dealkylation sites (tertiary alicyclic amines) is 1. The molecule has 1 aromatic rings. The van der Waals surface area contributed by atoms with E-state index in [4.69, 9.17) is 4.74 Å². The number of carbonyl (C=O) groups excluding carboxylic acids is 1. The maximum Gasteiger partial charge on any atom is 0.225 e. The number of carbonyl (C=O) groups is 1. The van der Waals surface area contributed by atoms with Crippen molar-refractivity contribution in [3.63, 3.8) is 0 Å². The van der Waals surface area contributed by atoms with E-state index in [2.05, 4.69) is 40.1 Å². The van der Waals surface area contributed by atoms with Gasteiger partial charge in [-0.2, -0.15) is 0 Å². The molecule has 154 valence electrons. The molecule has 2 aliphatic heterocycles. The van der Waals surface area contributed by atoms with Gasteiger partial charge in [0.25, 0.3) is 0 Å². The summed E-state index contributed by atoms with van der Waals surface area (Å²) in [5, 5.41) is 0. The third kappa shape index (κ3) is 4.96. The number of rotatable bonds is 5. The number of hydrogen-bond acceptors (Lipinski definition) is 3. The van der Waals surface area contributed by atoms with Crippen molar-refractivity contribution in [1.29, 1.82) is 0 Å². The molecular weight excluding hydrogens is 348 g/mol. The molecule has 0 aromatic heterocycles. The molecule has 1 aromatic carbocycles. The summed E-state index contributed by atoms with van der Waals surface area (Å²) in [7, 11) is 0. The third-order valence-corrected chi connectivity index (χ3v) is 7.07. The molecule has 0 spiro atoms. The van der Waals surface area contributed by atoms with Crippen molar-refractivity contribution in [3.8, 4) is 0 Å². The number of amides is 1. The number of ether oxygens (including phenoxy) is 1. The lowest BCUT2D eigenvalue weighted by Crippen LogP contribution is -2.51. The van der Waals surface area contributed by atoms with Crippen molar-refractivity contribution < 1.29 is 9.53 Å². The van der Waals surface area contributed by atoms with Crippen LogP contribution in [0.2, 0.25) is 0 Å². The standard InChI is InChI=1S/C24H36N2O2/c27-24(21-9-5-2-6-10-21)25-15-11-22(12-16-25)26(23-13-17-28-18-14-23)19-20-7-3-1-4-8-20/h1,3-4,7-8,21-23H,2,5-6,9-19H2. The fourth-order valence-corrected chi connectivity index (χ4v) is 5.39. The van der Waals surface area contributed by atoms with Crippen LogP contribution in [0.25, 0.3) is 0 Å². The van der Waals surface area contributed by atoms with Crippen LogP contribution >= 0.6 is 0 Å². The first-order chi connectivity index (χ1) is 13.8. The zero-order valence-electron chi connectivity index (χ0n) is 17.2. The second-order valence-corrected chi connectivity index (χ2v) is 8.89. The Kier molecular flexibility index (Phi) is 7.03. The molecule has 0 radical (unpaired) electrons.